The lowest BCUT2D eigenvalue weighted by Gasteiger charge is -2.37. The van der Waals surface area contributed by atoms with Gasteiger partial charge < -0.3 is 15.0 Å². The summed E-state index contributed by atoms with van der Waals surface area (Å²) in [6, 6.07) is 1.76. The van der Waals surface area contributed by atoms with E-state index in [0.29, 0.717) is 17.6 Å². The van der Waals surface area contributed by atoms with Crippen LogP contribution in [0.2, 0.25) is 0 Å². The van der Waals surface area contributed by atoms with Crippen molar-refractivity contribution < 1.29 is 14.3 Å². The van der Waals surface area contributed by atoms with E-state index in [4.69, 9.17) is 4.74 Å². The number of amides is 1. The monoisotopic (exact) mass is 358 g/mol. The standard InChI is InChI=1S/C19H26N4O3/c1-4-26-18(25)17-16(13-10-20-8-6-14(13)21-17)22-15(24)11-23-9-5-7-19(2,3)12-23/h6,8,10,21H,4-5,7,9,11-12H2,1-3H3,(H,22,24). The number of ether oxygens (including phenoxy) is 1. The van der Waals surface area contributed by atoms with Crippen LogP contribution < -0.4 is 5.32 Å². The van der Waals surface area contributed by atoms with Crippen LogP contribution in [0.3, 0.4) is 0 Å². The molecule has 7 nitrogen and oxygen atoms in total. The van der Waals surface area contributed by atoms with Gasteiger partial charge in [0.2, 0.25) is 5.91 Å². The Bertz CT molecular complexity index is 812. The number of hydrogen-bond donors (Lipinski definition) is 2. The Hall–Kier alpha value is -2.41. The first kappa shape index (κ1) is 18.4. The van der Waals surface area contributed by atoms with E-state index in [1.165, 1.54) is 6.42 Å². The Morgan fingerprint density at radius 1 is 1.42 bits per heavy atom. The summed E-state index contributed by atoms with van der Waals surface area (Å²) in [6.45, 7) is 8.57. The van der Waals surface area contributed by atoms with Gasteiger partial charge in [-0.2, -0.15) is 0 Å². The first-order valence-electron chi connectivity index (χ1n) is 9.04. The number of fused-ring (bicyclic) bond motifs is 1. The van der Waals surface area contributed by atoms with Crippen LogP contribution in [0.15, 0.2) is 18.5 Å². The second kappa shape index (κ2) is 7.45. The van der Waals surface area contributed by atoms with Gasteiger partial charge in [0.25, 0.3) is 0 Å². The van der Waals surface area contributed by atoms with Crippen LogP contribution in [0.1, 0.15) is 44.1 Å². The molecule has 140 valence electrons. The summed E-state index contributed by atoms with van der Waals surface area (Å²) in [7, 11) is 0. The number of aromatic amines is 1. The topological polar surface area (TPSA) is 87.3 Å². The van der Waals surface area contributed by atoms with E-state index in [1.807, 2.05) is 0 Å². The summed E-state index contributed by atoms with van der Waals surface area (Å²) in [5.41, 5.74) is 1.65. The van der Waals surface area contributed by atoms with E-state index in [-0.39, 0.29) is 23.6 Å². The number of carbonyl (C=O) groups excluding carboxylic acids is 2. The fourth-order valence-corrected chi connectivity index (χ4v) is 3.58. The van der Waals surface area contributed by atoms with E-state index >= 15 is 0 Å². The molecular weight excluding hydrogens is 332 g/mol. The maximum atomic E-state index is 12.6. The molecule has 26 heavy (non-hydrogen) atoms. The highest BCUT2D eigenvalue weighted by Crippen LogP contribution is 2.29. The zero-order chi connectivity index (χ0) is 18.7. The quantitative estimate of drug-likeness (QED) is 0.803. The molecule has 0 aromatic carbocycles. The molecule has 2 N–H and O–H groups in total. The first-order valence-corrected chi connectivity index (χ1v) is 9.04. The van der Waals surface area contributed by atoms with Crippen molar-refractivity contribution in [2.24, 2.45) is 5.41 Å². The number of nitrogens with zero attached hydrogens (tertiary/aromatic N) is 2. The van der Waals surface area contributed by atoms with Crippen molar-refractivity contribution in [2.45, 2.75) is 33.6 Å². The average Bonchev–Trinajstić information content (AvgIpc) is 2.93. The molecule has 0 radical (unpaired) electrons. The van der Waals surface area contributed by atoms with Crippen LogP contribution in [0, 0.1) is 5.41 Å². The molecule has 0 bridgehead atoms. The molecule has 1 aliphatic heterocycles. The number of esters is 1. The second-order valence-corrected chi connectivity index (χ2v) is 7.54. The second-order valence-electron chi connectivity index (χ2n) is 7.54. The van der Waals surface area contributed by atoms with Gasteiger partial charge in [0.15, 0.2) is 0 Å². The van der Waals surface area contributed by atoms with E-state index in [2.05, 4.69) is 34.0 Å². The minimum absolute atomic E-state index is 0.141. The summed E-state index contributed by atoms with van der Waals surface area (Å²) < 4.78 is 5.10. The molecular formula is C19H26N4O3. The van der Waals surface area contributed by atoms with E-state index in [0.717, 1.165) is 25.0 Å². The number of piperidine rings is 1. The van der Waals surface area contributed by atoms with Gasteiger partial charge in [-0.3, -0.25) is 14.7 Å². The molecule has 0 unspecified atom stereocenters. The third kappa shape index (κ3) is 4.04. The molecule has 1 fully saturated rings. The number of carbonyl (C=O) groups is 2. The molecule has 0 aliphatic carbocycles. The van der Waals surface area contributed by atoms with Crippen LogP contribution >= 0.6 is 0 Å². The molecule has 3 heterocycles. The minimum Gasteiger partial charge on any atom is -0.461 e. The number of pyridine rings is 1. The summed E-state index contributed by atoms with van der Waals surface area (Å²) in [6.07, 6.45) is 5.53. The van der Waals surface area contributed by atoms with Gasteiger partial charge in [-0.25, -0.2) is 4.79 Å². The molecule has 0 saturated carbocycles. The SMILES string of the molecule is CCOC(=O)c1[nH]c2ccncc2c1NC(=O)CN1CCCC(C)(C)C1. The molecule has 1 aliphatic rings. The number of aromatic nitrogens is 2. The van der Waals surface area contributed by atoms with Crippen molar-refractivity contribution in [3.8, 4) is 0 Å². The predicted octanol–water partition coefficient (Wildman–Crippen LogP) is 2.80. The Balaban J connectivity index is 1.79. The van der Waals surface area contributed by atoms with Crippen molar-refractivity contribution in [1.29, 1.82) is 0 Å². The summed E-state index contributed by atoms with van der Waals surface area (Å²) in [4.78, 5) is 34.2. The first-order chi connectivity index (χ1) is 12.4. The molecule has 2 aromatic heterocycles. The fraction of sp³-hybridized carbons (Fsp3) is 0.526. The molecule has 1 amide bonds. The summed E-state index contributed by atoms with van der Waals surface area (Å²) in [5, 5.41) is 3.59. The van der Waals surface area contributed by atoms with E-state index < -0.39 is 5.97 Å². The molecule has 0 spiro atoms. The van der Waals surface area contributed by atoms with Crippen molar-refractivity contribution in [3.63, 3.8) is 0 Å². The maximum Gasteiger partial charge on any atom is 0.356 e. The van der Waals surface area contributed by atoms with E-state index in [9.17, 15) is 9.59 Å². The predicted molar refractivity (Wildman–Crippen MR) is 100 cm³/mol. The van der Waals surface area contributed by atoms with Gasteiger partial charge in [0.05, 0.1) is 24.4 Å². The lowest BCUT2D eigenvalue weighted by atomic mass is 9.84. The number of H-pyrrole nitrogens is 1. The summed E-state index contributed by atoms with van der Waals surface area (Å²) >= 11 is 0. The van der Waals surface area contributed by atoms with Gasteiger partial charge in [-0.15, -0.1) is 0 Å². The van der Waals surface area contributed by atoms with Crippen molar-refractivity contribution in [1.82, 2.24) is 14.9 Å². The van der Waals surface area contributed by atoms with Crippen LogP contribution in [0.5, 0.6) is 0 Å². The molecule has 3 rings (SSSR count). The van der Waals surface area contributed by atoms with Gasteiger partial charge >= 0.3 is 5.97 Å². The van der Waals surface area contributed by atoms with Crippen molar-refractivity contribution in [2.75, 3.05) is 31.6 Å². The Morgan fingerprint density at radius 2 is 2.23 bits per heavy atom. The summed E-state index contributed by atoms with van der Waals surface area (Å²) in [5.74, 6) is -0.629. The molecule has 2 aromatic rings. The highest BCUT2D eigenvalue weighted by Gasteiger charge is 2.28. The number of likely N-dealkylation sites (tertiary alicyclic amines) is 1. The van der Waals surface area contributed by atoms with Gasteiger partial charge in [-0.1, -0.05) is 13.8 Å². The van der Waals surface area contributed by atoms with Gasteiger partial charge in [0.1, 0.15) is 5.69 Å². The number of rotatable bonds is 5. The zero-order valence-electron chi connectivity index (χ0n) is 15.6. The van der Waals surface area contributed by atoms with Gasteiger partial charge in [-0.05, 0) is 37.8 Å². The number of anilines is 1. The fourth-order valence-electron chi connectivity index (χ4n) is 3.58. The maximum absolute atomic E-state index is 12.6. The van der Waals surface area contributed by atoms with Crippen LogP contribution in [0.25, 0.3) is 10.9 Å². The highest BCUT2D eigenvalue weighted by atomic mass is 16.5. The minimum atomic E-state index is -0.488. The van der Waals surface area contributed by atoms with Crippen LogP contribution in [-0.4, -0.2) is 53.0 Å². The third-order valence-electron chi connectivity index (χ3n) is 4.69. The van der Waals surface area contributed by atoms with E-state index in [1.54, 1.807) is 25.4 Å². The lowest BCUT2D eigenvalue weighted by molar-refractivity contribution is -0.118. The van der Waals surface area contributed by atoms with Gasteiger partial charge in [0, 0.05) is 24.3 Å². The lowest BCUT2D eigenvalue weighted by Crippen LogP contribution is -2.43. The Labute approximate surface area is 153 Å². The molecule has 7 heteroatoms. The number of nitrogens with one attached hydrogen (secondary N) is 2. The van der Waals surface area contributed by atoms with Crippen molar-refractivity contribution >= 4 is 28.5 Å². The largest absolute Gasteiger partial charge is 0.461 e. The molecule has 0 atom stereocenters. The number of hydrogen-bond acceptors (Lipinski definition) is 5. The smallest absolute Gasteiger partial charge is 0.356 e. The average molecular weight is 358 g/mol. The normalized spacial score (nSPS) is 17.2. The van der Waals surface area contributed by atoms with Crippen molar-refractivity contribution in [3.05, 3.63) is 24.2 Å². The molecule has 1 saturated heterocycles. The Kier molecular flexibility index (Phi) is 5.27. The zero-order valence-corrected chi connectivity index (χ0v) is 15.6. The Morgan fingerprint density at radius 3 is 2.96 bits per heavy atom. The van der Waals surface area contributed by atoms with Crippen LogP contribution in [-0.2, 0) is 9.53 Å². The third-order valence-corrected chi connectivity index (χ3v) is 4.69. The highest BCUT2D eigenvalue weighted by molar-refractivity contribution is 6.11. The van der Waals surface area contributed by atoms with Crippen LogP contribution in [0.4, 0.5) is 5.69 Å².